The summed E-state index contributed by atoms with van der Waals surface area (Å²) in [5.41, 5.74) is 0. The Morgan fingerprint density at radius 1 is 1.45 bits per heavy atom. The Kier molecular flexibility index (Phi) is 4.03. The van der Waals surface area contributed by atoms with Gasteiger partial charge in [-0.15, -0.1) is 11.3 Å². The van der Waals surface area contributed by atoms with Gasteiger partial charge in [-0.1, -0.05) is 6.92 Å². The first-order valence-corrected chi connectivity index (χ1v) is 9.34. The zero-order chi connectivity index (χ0) is 14.1. The van der Waals surface area contributed by atoms with Gasteiger partial charge in [0.15, 0.2) is 0 Å². The maximum atomic E-state index is 11.8. The van der Waals surface area contributed by atoms with Crippen LogP contribution in [0, 0.1) is 0 Å². The van der Waals surface area contributed by atoms with Gasteiger partial charge in [-0.3, -0.25) is 4.21 Å². The fraction of sp³-hybridized carbons (Fsp3) is 0.571. The predicted molar refractivity (Wildman–Crippen MR) is 86.1 cm³/mol. The highest BCUT2D eigenvalue weighted by atomic mass is 32.2. The third-order valence-electron chi connectivity index (χ3n) is 3.84. The van der Waals surface area contributed by atoms with Gasteiger partial charge in [0.05, 0.1) is 5.39 Å². The van der Waals surface area contributed by atoms with E-state index < -0.39 is 10.8 Å². The van der Waals surface area contributed by atoms with E-state index in [9.17, 15) is 4.21 Å². The smallest absolute Gasteiger partial charge is 0.141 e. The number of nitrogens with zero attached hydrogens (tertiary/aromatic N) is 3. The molecule has 0 radical (unpaired) electrons. The topological polar surface area (TPSA) is 46.1 Å². The van der Waals surface area contributed by atoms with E-state index in [1.165, 1.54) is 4.88 Å². The quantitative estimate of drug-likeness (QED) is 0.855. The number of rotatable bonds is 2. The monoisotopic (exact) mass is 309 g/mol. The normalized spacial score (nSPS) is 24.0. The molecule has 0 unspecified atom stereocenters. The lowest BCUT2D eigenvalue weighted by Crippen LogP contribution is -2.34. The van der Waals surface area contributed by atoms with Crippen LogP contribution in [0.5, 0.6) is 0 Å². The van der Waals surface area contributed by atoms with Crippen molar-refractivity contribution >= 4 is 38.2 Å². The van der Waals surface area contributed by atoms with Gasteiger partial charge in [0.2, 0.25) is 0 Å². The van der Waals surface area contributed by atoms with Crippen LogP contribution in [0.2, 0.25) is 0 Å². The Morgan fingerprint density at radius 3 is 3.10 bits per heavy atom. The van der Waals surface area contributed by atoms with Gasteiger partial charge in [-0.25, -0.2) is 9.97 Å². The van der Waals surface area contributed by atoms with E-state index in [0.29, 0.717) is 6.04 Å². The maximum absolute atomic E-state index is 11.8. The van der Waals surface area contributed by atoms with Crippen molar-refractivity contribution in [3.63, 3.8) is 0 Å². The second kappa shape index (κ2) is 5.77. The zero-order valence-electron chi connectivity index (χ0n) is 11.8. The van der Waals surface area contributed by atoms with E-state index in [4.69, 9.17) is 0 Å². The molecule has 1 saturated heterocycles. The number of hydrogen-bond acceptors (Lipinski definition) is 5. The summed E-state index contributed by atoms with van der Waals surface area (Å²) in [6.45, 7) is 5.18. The molecule has 0 aliphatic carbocycles. The lowest BCUT2D eigenvalue weighted by molar-refractivity contribution is 0.639. The molecule has 3 rings (SSSR count). The molecule has 0 amide bonds. The number of aryl methyl sites for hydroxylation is 1. The third kappa shape index (κ3) is 2.59. The highest BCUT2D eigenvalue weighted by Crippen LogP contribution is 2.32. The third-order valence-corrected chi connectivity index (χ3v) is 6.35. The molecule has 6 heteroatoms. The summed E-state index contributed by atoms with van der Waals surface area (Å²) in [7, 11) is -0.685. The zero-order valence-corrected chi connectivity index (χ0v) is 13.5. The Morgan fingerprint density at radius 2 is 2.30 bits per heavy atom. The minimum absolute atomic E-state index is 0.379. The van der Waals surface area contributed by atoms with Crippen molar-refractivity contribution < 1.29 is 4.21 Å². The minimum Gasteiger partial charge on any atom is -0.352 e. The summed E-state index contributed by atoms with van der Waals surface area (Å²) in [5, 5.41) is 1.15. The van der Waals surface area contributed by atoms with Crippen LogP contribution in [-0.2, 0) is 17.2 Å². The number of anilines is 1. The van der Waals surface area contributed by atoms with Crippen LogP contribution in [0.4, 0.5) is 5.82 Å². The molecule has 0 bridgehead atoms. The molecular weight excluding hydrogens is 290 g/mol. The van der Waals surface area contributed by atoms with Gasteiger partial charge < -0.3 is 4.90 Å². The predicted octanol–water partition coefficient (Wildman–Crippen LogP) is 2.60. The van der Waals surface area contributed by atoms with Gasteiger partial charge >= 0.3 is 0 Å². The Labute approximate surface area is 125 Å². The standard InChI is InChI=1S/C14H19N3OS2/c1-3-11-8-12-13(15-9-16-14(12)19-11)17-5-7-20(18)6-4-10(17)2/h8-10H,3-7H2,1-2H3/t10-,20+/m1/s1. The first-order chi connectivity index (χ1) is 9.69. The number of thiophene rings is 1. The van der Waals surface area contributed by atoms with Crippen LogP contribution in [0.1, 0.15) is 25.1 Å². The van der Waals surface area contributed by atoms with Crippen molar-refractivity contribution in [1.82, 2.24) is 9.97 Å². The molecule has 2 aromatic heterocycles. The van der Waals surface area contributed by atoms with Crippen molar-refractivity contribution in [2.45, 2.75) is 32.7 Å². The summed E-state index contributed by atoms with van der Waals surface area (Å²) in [6, 6.07) is 2.59. The highest BCUT2D eigenvalue weighted by Gasteiger charge is 2.23. The molecule has 0 saturated carbocycles. The molecule has 20 heavy (non-hydrogen) atoms. The van der Waals surface area contributed by atoms with E-state index in [0.717, 1.165) is 46.9 Å². The van der Waals surface area contributed by atoms with Crippen LogP contribution >= 0.6 is 11.3 Å². The van der Waals surface area contributed by atoms with Gasteiger partial charge in [0.25, 0.3) is 0 Å². The average molecular weight is 309 g/mol. The lowest BCUT2D eigenvalue weighted by Gasteiger charge is -2.28. The molecule has 0 spiro atoms. The Hall–Kier alpha value is -1.01. The summed E-state index contributed by atoms with van der Waals surface area (Å²) < 4.78 is 11.8. The highest BCUT2D eigenvalue weighted by molar-refractivity contribution is 7.85. The van der Waals surface area contributed by atoms with Gasteiger partial charge in [0.1, 0.15) is 17.0 Å². The van der Waals surface area contributed by atoms with Crippen molar-refractivity contribution in [2.75, 3.05) is 23.0 Å². The molecule has 2 atom stereocenters. The number of fused-ring (bicyclic) bond motifs is 1. The van der Waals surface area contributed by atoms with Crippen molar-refractivity contribution in [1.29, 1.82) is 0 Å². The number of aromatic nitrogens is 2. The van der Waals surface area contributed by atoms with Crippen molar-refractivity contribution in [3.05, 3.63) is 17.3 Å². The largest absolute Gasteiger partial charge is 0.352 e. The van der Waals surface area contributed by atoms with Gasteiger partial charge in [0, 0.05) is 39.8 Å². The SMILES string of the molecule is CCc1cc2c(N3CC[S@@](=O)CC[C@H]3C)ncnc2s1. The van der Waals surface area contributed by atoms with Crippen molar-refractivity contribution in [2.24, 2.45) is 0 Å². The molecule has 3 heterocycles. The fourth-order valence-corrected chi connectivity index (χ4v) is 4.73. The van der Waals surface area contributed by atoms with E-state index in [1.807, 2.05) is 0 Å². The molecule has 0 N–H and O–H groups in total. The molecule has 0 aromatic carbocycles. The minimum atomic E-state index is -0.685. The van der Waals surface area contributed by atoms with Crippen LogP contribution in [0.15, 0.2) is 12.4 Å². The van der Waals surface area contributed by atoms with Crippen LogP contribution in [0.25, 0.3) is 10.2 Å². The van der Waals surface area contributed by atoms with E-state index in [-0.39, 0.29) is 0 Å². The summed E-state index contributed by atoms with van der Waals surface area (Å²) in [4.78, 5) is 13.6. The molecule has 1 aliphatic heterocycles. The molecule has 2 aromatic rings. The van der Waals surface area contributed by atoms with Gasteiger partial charge in [-0.2, -0.15) is 0 Å². The van der Waals surface area contributed by atoms with Crippen molar-refractivity contribution in [3.8, 4) is 0 Å². The first-order valence-electron chi connectivity index (χ1n) is 7.04. The maximum Gasteiger partial charge on any atom is 0.141 e. The van der Waals surface area contributed by atoms with E-state index >= 15 is 0 Å². The van der Waals surface area contributed by atoms with Crippen LogP contribution < -0.4 is 4.90 Å². The first kappa shape index (κ1) is 13.9. The molecular formula is C14H19N3OS2. The lowest BCUT2D eigenvalue weighted by atomic mass is 10.2. The second-order valence-corrected chi connectivity index (χ2v) is 7.97. The van der Waals surface area contributed by atoms with Crippen LogP contribution in [0.3, 0.4) is 0 Å². The molecule has 108 valence electrons. The summed E-state index contributed by atoms with van der Waals surface area (Å²) >= 11 is 1.74. The summed E-state index contributed by atoms with van der Waals surface area (Å²) in [5.74, 6) is 2.55. The van der Waals surface area contributed by atoms with E-state index in [1.54, 1.807) is 17.7 Å². The number of hydrogen-bond donors (Lipinski definition) is 0. The molecule has 1 aliphatic rings. The average Bonchev–Trinajstić information content (AvgIpc) is 2.81. The molecule has 1 fully saturated rings. The summed E-state index contributed by atoms with van der Waals surface area (Å²) in [6.07, 6.45) is 3.64. The van der Waals surface area contributed by atoms with E-state index in [2.05, 4.69) is 34.8 Å². The van der Waals surface area contributed by atoms with Gasteiger partial charge in [-0.05, 0) is 25.8 Å². The second-order valence-electron chi connectivity index (χ2n) is 5.16. The fourth-order valence-electron chi connectivity index (χ4n) is 2.59. The Balaban J connectivity index is 2.03. The Bertz CT molecular complexity index is 640. The van der Waals surface area contributed by atoms with Crippen LogP contribution in [-0.4, -0.2) is 38.3 Å². The molecule has 4 nitrogen and oxygen atoms in total.